The van der Waals surface area contributed by atoms with Gasteiger partial charge < -0.3 is 31.0 Å². The average Bonchev–Trinajstić information content (AvgIpc) is 3.97. The second-order valence-corrected chi connectivity index (χ2v) is 13.7. The summed E-state index contributed by atoms with van der Waals surface area (Å²) in [6, 6.07) is 13.7. The van der Waals surface area contributed by atoms with Crippen molar-refractivity contribution in [1.29, 1.82) is 0 Å². The van der Waals surface area contributed by atoms with Crippen molar-refractivity contribution in [3.63, 3.8) is 0 Å². The van der Waals surface area contributed by atoms with Crippen molar-refractivity contribution >= 4 is 63.6 Å². The van der Waals surface area contributed by atoms with Gasteiger partial charge >= 0.3 is 12.1 Å². The van der Waals surface area contributed by atoms with Crippen LogP contribution in [0.2, 0.25) is 0 Å². The van der Waals surface area contributed by atoms with Crippen LogP contribution < -0.4 is 27.4 Å². The maximum absolute atomic E-state index is 13.5. The van der Waals surface area contributed by atoms with Crippen molar-refractivity contribution in [1.82, 2.24) is 44.0 Å². The highest BCUT2D eigenvalue weighted by Gasteiger charge is 2.38. The lowest BCUT2D eigenvalue weighted by atomic mass is 10.2. The van der Waals surface area contributed by atoms with Crippen LogP contribution in [-0.2, 0) is 31.0 Å². The number of nitrogens with zero attached hydrogens (tertiary/aromatic N) is 8. The van der Waals surface area contributed by atoms with E-state index in [9.17, 15) is 32.3 Å². The Bertz CT molecular complexity index is 2590. The van der Waals surface area contributed by atoms with Crippen LogP contribution in [0.3, 0.4) is 0 Å². The largest absolute Gasteiger partial charge is 0.490 e. The number of carbonyl (C=O) groups excluding carboxylic acids is 4. The van der Waals surface area contributed by atoms with Crippen molar-refractivity contribution in [3.8, 4) is 0 Å². The van der Waals surface area contributed by atoms with E-state index in [4.69, 9.17) is 26.4 Å². The van der Waals surface area contributed by atoms with E-state index < -0.39 is 18.1 Å². The molecule has 0 aliphatic heterocycles. The van der Waals surface area contributed by atoms with Crippen molar-refractivity contribution in [2.45, 2.75) is 79.3 Å². The third kappa shape index (κ3) is 10.8. The quantitative estimate of drug-likeness (QED) is 0.0751. The predicted molar refractivity (Wildman–Crippen MR) is 218 cm³/mol. The molecule has 0 radical (unpaired) electrons. The monoisotopic (exact) mass is 849 g/mol. The number of hydrogen-bond acceptors (Lipinski definition) is 10. The van der Waals surface area contributed by atoms with Gasteiger partial charge in [0, 0.05) is 43.9 Å². The summed E-state index contributed by atoms with van der Waals surface area (Å²) in [5.74, 6) is -3.63. The zero-order valence-electron chi connectivity index (χ0n) is 33.8. The number of primary amides is 1. The van der Waals surface area contributed by atoms with Crippen LogP contribution in [0.4, 0.5) is 25.1 Å². The Morgan fingerprint density at radius 1 is 0.705 bits per heavy atom. The third-order valence-corrected chi connectivity index (χ3v) is 9.28. The van der Waals surface area contributed by atoms with Crippen molar-refractivity contribution < 1.29 is 42.3 Å². The number of carboxylic acid groups (broad SMARTS) is 1. The molecule has 6 rings (SSSR count). The normalized spacial score (nSPS) is 11.3. The van der Waals surface area contributed by atoms with Crippen LogP contribution in [0.1, 0.15) is 86.2 Å². The van der Waals surface area contributed by atoms with Gasteiger partial charge in [-0.15, -0.1) is 0 Å². The molecule has 4 aromatic heterocycles. The van der Waals surface area contributed by atoms with Crippen molar-refractivity contribution in [3.05, 3.63) is 82.4 Å². The lowest BCUT2D eigenvalue weighted by Crippen LogP contribution is -2.25. The van der Waals surface area contributed by atoms with Gasteiger partial charge in [-0.25, -0.2) is 14.8 Å². The SMILES string of the molecule is CCn1nc(C)cc1C(=O)Nc1nc2cc(C(N)=O)ccc2n1CCCCn1c(NC(=O)c2cc(C)nn2CC)nc2cc(C(=O)NCCCN)ccc21.O=C(O)C(F)(F)F. The first kappa shape index (κ1) is 45.0. The molecule has 61 heavy (non-hydrogen) atoms. The smallest absolute Gasteiger partial charge is 0.475 e. The number of anilines is 2. The zero-order valence-corrected chi connectivity index (χ0v) is 33.8. The van der Waals surface area contributed by atoms with E-state index >= 15 is 0 Å². The molecule has 0 unspecified atom stereocenters. The Morgan fingerprint density at radius 2 is 1.15 bits per heavy atom. The van der Waals surface area contributed by atoms with E-state index in [0.29, 0.717) is 104 Å². The highest BCUT2D eigenvalue weighted by atomic mass is 19.4. The molecule has 324 valence electrons. The second-order valence-electron chi connectivity index (χ2n) is 13.7. The minimum atomic E-state index is -5.08. The van der Waals surface area contributed by atoms with Crippen molar-refractivity contribution in [2.75, 3.05) is 23.7 Å². The summed E-state index contributed by atoms with van der Waals surface area (Å²) in [5.41, 5.74) is 16.7. The predicted octanol–water partition coefficient (Wildman–Crippen LogP) is 4.23. The standard InChI is InChI=1S/C37H45N13O4.C2HF3O2/c1-5-49-30(18-22(3)45-49)34(53)43-36-41-26-20-24(32(39)51)10-12-28(26)47(36)16-7-8-17-48-29-13-11-25(33(52)40-15-9-14-38)21-27(29)42-37(48)44-35(54)31-19-23(4)46-50(31)6-2;3-2(4,5)1(6)7/h10-13,18-21H,5-9,14-17,38H2,1-4H3,(H2,39,51)(H,40,52)(H,41,43,53)(H,42,44,54);(H,6,7). The van der Waals surface area contributed by atoms with Gasteiger partial charge in [0.2, 0.25) is 17.8 Å². The first-order valence-electron chi connectivity index (χ1n) is 19.3. The van der Waals surface area contributed by atoms with E-state index in [1.54, 1.807) is 51.8 Å². The molecule has 0 saturated heterocycles. The Labute approximate surface area is 346 Å². The molecule has 4 heterocycles. The number of imidazole rings is 2. The van der Waals surface area contributed by atoms with E-state index in [2.05, 4.69) is 31.1 Å². The highest BCUT2D eigenvalue weighted by Crippen LogP contribution is 2.26. The van der Waals surface area contributed by atoms with Crippen molar-refractivity contribution in [2.24, 2.45) is 11.5 Å². The number of benzene rings is 2. The number of halogens is 3. The molecule has 0 fully saturated rings. The maximum atomic E-state index is 13.5. The van der Waals surface area contributed by atoms with Gasteiger partial charge in [0.05, 0.1) is 33.5 Å². The van der Waals surface area contributed by atoms with Gasteiger partial charge in [-0.3, -0.25) is 39.2 Å². The Hall–Kier alpha value is -7.10. The lowest BCUT2D eigenvalue weighted by Gasteiger charge is -2.13. The van der Waals surface area contributed by atoms with Gasteiger partial charge in [-0.2, -0.15) is 23.4 Å². The topological polar surface area (TPSA) is 265 Å². The Balaban J connectivity index is 0.000000925. The fraction of sp³-hybridized carbons (Fsp3) is 0.359. The average molecular weight is 850 g/mol. The Morgan fingerprint density at radius 3 is 1.56 bits per heavy atom. The van der Waals surface area contributed by atoms with Gasteiger partial charge in [0.1, 0.15) is 11.4 Å². The number of rotatable bonds is 16. The zero-order chi connectivity index (χ0) is 44.6. The number of carboxylic acids is 1. The van der Waals surface area contributed by atoms with E-state index in [1.165, 1.54) is 0 Å². The van der Waals surface area contributed by atoms with E-state index in [1.807, 2.05) is 42.9 Å². The maximum Gasteiger partial charge on any atom is 0.490 e. The molecule has 0 atom stereocenters. The van der Waals surface area contributed by atoms with Gasteiger partial charge in [-0.1, -0.05) is 0 Å². The number of hydrogen-bond donors (Lipinski definition) is 6. The van der Waals surface area contributed by atoms with Crippen LogP contribution in [0.25, 0.3) is 22.1 Å². The summed E-state index contributed by atoms with van der Waals surface area (Å²) < 4.78 is 38.8. The number of amides is 4. The molecular weight excluding hydrogens is 804 g/mol. The molecule has 22 heteroatoms. The molecule has 8 N–H and O–H groups in total. The minimum Gasteiger partial charge on any atom is -0.475 e. The molecular formula is C39H46F3N13O6. The fourth-order valence-corrected chi connectivity index (χ4v) is 6.41. The number of aromatic nitrogens is 8. The van der Waals surface area contributed by atoms with E-state index in [-0.39, 0.29) is 17.7 Å². The number of nitrogens with one attached hydrogen (secondary N) is 3. The number of carbonyl (C=O) groups is 5. The summed E-state index contributed by atoms with van der Waals surface area (Å²) >= 11 is 0. The summed E-state index contributed by atoms with van der Waals surface area (Å²) in [6.07, 6.45) is -3.15. The molecule has 6 aromatic rings. The number of fused-ring (bicyclic) bond motifs is 2. The highest BCUT2D eigenvalue weighted by molar-refractivity contribution is 6.04. The van der Waals surface area contributed by atoms with Crippen LogP contribution in [0.5, 0.6) is 0 Å². The summed E-state index contributed by atoms with van der Waals surface area (Å²) in [6.45, 7) is 10.4. The minimum absolute atomic E-state index is 0.236. The van der Waals surface area contributed by atoms with Crippen LogP contribution in [-0.4, -0.2) is 92.6 Å². The lowest BCUT2D eigenvalue weighted by molar-refractivity contribution is -0.192. The van der Waals surface area contributed by atoms with Crippen LogP contribution in [0, 0.1) is 13.8 Å². The first-order valence-corrected chi connectivity index (χ1v) is 19.3. The molecule has 2 aromatic carbocycles. The summed E-state index contributed by atoms with van der Waals surface area (Å²) in [4.78, 5) is 70.1. The third-order valence-electron chi connectivity index (χ3n) is 9.28. The van der Waals surface area contributed by atoms with Gasteiger partial charge in [0.25, 0.3) is 17.7 Å². The van der Waals surface area contributed by atoms with E-state index in [0.717, 1.165) is 22.4 Å². The van der Waals surface area contributed by atoms with Crippen LogP contribution >= 0.6 is 0 Å². The number of aryl methyl sites for hydroxylation is 6. The molecule has 0 aliphatic rings. The summed E-state index contributed by atoms with van der Waals surface area (Å²) in [7, 11) is 0. The molecule has 0 aliphatic carbocycles. The fourth-order valence-electron chi connectivity index (χ4n) is 6.41. The number of alkyl halides is 3. The first-order chi connectivity index (χ1) is 28.9. The number of aliphatic carboxylic acids is 1. The molecule has 0 saturated carbocycles. The second kappa shape index (κ2) is 19.3. The van der Waals surface area contributed by atoms with Crippen LogP contribution in [0.15, 0.2) is 48.5 Å². The summed E-state index contributed by atoms with van der Waals surface area (Å²) in [5, 5.41) is 24.7. The molecule has 19 nitrogen and oxygen atoms in total. The Kier molecular flexibility index (Phi) is 14.2. The van der Waals surface area contributed by atoms with Gasteiger partial charge in [-0.05, 0) is 102 Å². The number of unbranched alkanes of at least 4 members (excludes halogenated alkanes) is 1. The molecule has 0 bridgehead atoms. The molecule has 0 spiro atoms. The molecule has 4 amide bonds. The number of nitrogens with two attached hydrogens (primary N) is 2. The van der Waals surface area contributed by atoms with Gasteiger partial charge in [0.15, 0.2) is 0 Å².